The minimum absolute atomic E-state index is 0.151. The fraction of sp³-hybridized carbons (Fsp3) is 0.188. The number of carbonyl (C=O) groups is 1. The highest BCUT2D eigenvalue weighted by atomic mass is 79.9. The number of hydrogen-bond donors (Lipinski definition) is 0. The summed E-state index contributed by atoms with van der Waals surface area (Å²) in [6.07, 6.45) is 1.52. The zero-order valence-corrected chi connectivity index (χ0v) is 14.9. The van der Waals surface area contributed by atoms with Crippen LogP contribution in [0.25, 0.3) is 10.2 Å². The van der Waals surface area contributed by atoms with Crippen LogP contribution in [-0.2, 0) is 11.3 Å². The number of rotatable bonds is 3. The van der Waals surface area contributed by atoms with Gasteiger partial charge in [-0.1, -0.05) is 28.1 Å². The third kappa shape index (κ3) is 2.94. The van der Waals surface area contributed by atoms with E-state index in [1.54, 1.807) is 11.5 Å². The van der Waals surface area contributed by atoms with E-state index in [0.29, 0.717) is 27.2 Å². The van der Waals surface area contributed by atoms with Crippen LogP contribution in [0.5, 0.6) is 0 Å². The van der Waals surface area contributed by atoms with Crippen LogP contribution in [0.1, 0.15) is 20.8 Å². The van der Waals surface area contributed by atoms with Gasteiger partial charge in [-0.15, -0.1) is 11.3 Å². The number of methoxy groups -OCH3 is 1. The molecule has 0 amide bonds. The summed E-state index contributed by atoms with van der Waals surface area (Å²) in [5.74, 6) is -0.440. The van der Waals surface area contributed by atoms with Crippen LogP contribution in [0.4, 0.5) is 0 Å². The number of aryl methyl sites for hydroxylation is 1. The Kier molecular flexibility index (Phi) is 4.32. The van der Waals surface area contributed by atoms with Gasteiger partial charge in [0.1, 0.15) is 9.71 Å². The molecule has 7 heteroatoms. The van der Waals surface area contributed by atoms with Crippen molar-refractivity contribution in [1.29, 1.82) is 0 Å². The molecule has 0 aliphatic heterocycles. The quantitative estimate of drug-likeness (QED) is 0.641. The molecule has 0 saturated carbocycles. The van der Waals surface area contributed by atoms with Gasteiger partial charge in [-0.25, -0.2) is 9.78 Å². The highest BCUT2D eigenvalue weighted by Crippen LogP contribution is 2.27. The molecular weight excluding hydrogens is 380 g/mol. The van der Waals surface area contributed by atoms with Gasteiger partial charge in [-0.2, -0.15) is 0 Å². The number of carbonyl (C=O) groups excluding carboxylic acids is 1. The predicted octanol–water partition coefficient (Wildman–Crippen LogP) is 3.36. The summed E-state index contributed by atoms with van der Waals surface area (Å²) in [6.45, 7) is 2.18. The van der Waals surface area contributed by atoms with Crippen LogP contribution >= 0.6 is 27.3 Å². The summed E-state index contributed by atoms with van der Waals surface area (Å²) < 4.78 is 7.29. The molecule has 0 spiro atoms. The highest BCUT2D eigenvalue weighted by molar-refractivity contribution is 9.10. The van der Waals surface area contributed by atoms with Gasteiger partial charge in [0, 0.05) is 4.47 Å². The van der Waals surface area contributed by atoms with Crippen LogP contribution in [0.3, 0.4) is 0 Å². The number of hydrogen-bond acceptors (Lipinski definition) is 5. The first kappa shape index (κ1) is 15.9. The largest absolute Gasteiger partial charge is 0.465 e. The number of aromatic nitrogens is 2. The molecule has 0 radical (unpaired) electrons. The Labute approximate surface area is 144 Å². The fourth-order valence-corrected chi connectivity index (χ4v) is 3.67. The molecule has 3 aromatic rings. The first-order valence-corrected chi connectivity index (χ1v) is 8.43. The van der Waals surface area contributed by atoms with Gasteiger partial charge < -0.3 is 4.74 Å². The molecule has 2 heterocycles. The predicted molar refractivity (Wildman–Crippen MR) is 93.2 cm³/mol. The Morgan fingerprint density at radius 1 is 1.35 bits per heavy atom. The van der Waals surface area contributed by atoms with Gasteiger partial charge in [0.2, 0.25) is 0 Å². The number of nitrogens with zero attached hydrogens (tertiary/aromatic N) is 2. The van der Waals surface area contributed by atoms with Gasteiger partial charge in [0.15, 0.2) is 0 Å². The maximum atomic E-state index is 12.7. The average molecular weight is 393 g/mol. The lowest BCUT2D eigenvalue weighted by atomic mass is 10.2. The Bertz CT molecular complexity index is 944. The number of ether oxygens (including phenoxy) is 1. The third-order valence-corrected chi connectivity index (χ3v) is 5.26. The molecule has 0 fully saturated rings. The summed E-state index contributed by atoms with van der Waals surface area (Å²) in [5, 5.41) is 0.481. The van der Waals surface area contributed by atoms with E-state index in [9.17, 15) is 9.59 Å². The Balaban J connectivity index is 2.08. The van der Waals surface area contributed by atoms with E-state index in [4.69, 9.17) is 4.74 Å². The molecule has 0 N–H and O–H groups in total. The molecular formula is C16H13BrN2O3S. The van der Waals surface area contributed by atoms with E-state index in [1.165, 1.54) is 24.8 Å². The maximum absolute atomic E-state index is 12.7. The minimum atomic E-state index is -0.440. The van der Waals surface area contributed by atoms with Gasteiger partial charge in [-0.05, 0) is 30.2 Å². The molecule has 0 saturated heterocycles. The van der Waals surface area contributed by atoms with E-state index in [0.717, 1.165) is 10.0 Å². The van der Waals surface area contributed by atoms with Crippen LogP contribution in [0.2, 0.25) is 0 Å². The van der Waals surface area contributed by atoms with Crippen molar-refractivity contribution in [3.05, 3.63) is 61.4 Å². The molecule has 0 bridgehead atoms. The number of benzene rings is 1. The van der Waals surface area contributed by atoms with E-state index < -0.39 is 5.97 Å². The van der Waals surface area contributed by atoms with Crippen molar-refractivity contribution in [3.63, 3.8) is 0 Å². The number of halogens is 1. The molecule has 0 aliphatic rings. The number of thiophene rings is 1. The van der Waals surface area contributed by atoms with Crippen molar-refractivity contribution < 1.29 is 9.53 Å². The Morgan fingerprint density at radius 3 is 2.70 bits per heavy atom. The van der Waals surface area contributed by atoms with Crippen molar-refractivity contribution in [2.45, 2.75) is 13.5 Å². The molecule has 5 nitrogen and oxygen atoms in total. The van der Waals surface area contributed by atoms with Crippen molar-refractivity contribution >= 4 is 43.5 Å². The van der Waals surface area contributed by atoms with E-state index in [1.807, 2.05) is 24.3 Å². The van der Waals surface area contributed by atoms with Gasteiger partial charge >= 0.3 is 5.97 Å². The van der Waals surface area contributed by atoms with Crippen molar-refractivity contribution in [2.75, 3.05) is 7.11 Å². The van der Waals surface area contributed by atoms with Crippen LogP contribution in [0.15, 0.2) is 39.9 Å². The first-order valence-electron chi connectivity index (χ1n) is 6.82. The van der Waals surface area contributed by atoms with Crippen LogP contribution < -0.4 is 5.56 Å². The molecule has 23 heavy (non-hydrogen) atoms. The molecule has 118 valence electrons. The normalized spacial score (nSPS) is 10.9. The minimum Gasteiger partial charge on any atom is -0.465 e. The second kappa shape index (κ2) is 6.25. The van der Waals surface area contributed by atoms with Crippen molar-refractivity contribution in [3.8, 4) is 0 Å². The second-order valence-corrected chi connectivity index (χ2v) is 6.95. The van der Waals surface area contributed by atoms with E-state index in [-0.39, 0.29) is 5.56 Å². The second-order valence-electron chi connectivity index (χ2n) is 5.03. The topological polar surface area (TPSA) is 61.2 Å². The number of esters is 1. The van der Waals surface area contributed by atoms with Gasteiger partial charge in [0.05, 0.1) is 25.4 Å². The summed E-state index contributed by atoms with van der Waals surface area (Å²) >= 11 is 4.57. The third-order valence-electron chi connectivity index (χ3n) is 3.55. The monoisotopic (exact) mass is 392 g/mol. The number of fused-ring (bicyclic) bond motifs is 1. The fourth-order valence-electron chi connectivity index (χ4n) is 2.35. The van der Waals surface area contributed by atoms with Crippen molar-refractivity contribution in [1.82, 2.24) is 9.55 Å². The lowest BCUT2D eigenvalue weighted by Crippen LogP contribution is -2.21. The molecule has 0 atom stereocenters. The summed E-state index contributed by atoms with van der Waals surface area (Å²) in [7, 11) is 1.32. The molecule has 1 aromatic carbocycles. The molecule has 0 unspecified atom stereocenters. The van der Waals surface area contributed by atoms with Crippen LogP contribution in [0, 0.1) is 6.92 Å². The molecule has 0 aliphatic carbocycles. The van der Waals surface area contributed by atoms with Crippen molar-refractivity contribution in [2.24, 2.45) is 0 Å². The lowest BCUT2D eigenvalue weighted by molar-refractivity contribution is 0.0605. The highest BCUT2D eigenvalue weighted by Gasteiger charge is 2.19. The zero-order valence-electron chi connectivity index (χ0n) is 12.5. The standard InChI is InChI=1S/C16H13BrN2O3S/c1-9-12-14(23-13(9)16(21)22-2)18-8-19(15(12)20)7-10-3-5-11(17)6-4-10/h3-6,8H,7H2,1-2H3. The Morgan fingerprint density at radius 2 is 2.04 bits per heavy atom. The summed E-state index contributed by atoms with van der Waals surface area (Å²) in [4.78, 5) is 29.8. The summed E-state index contributed by atoms with van der Waals surface area (Å²) in [5.41, 5.74) is 1.47. The van der Waals surface area contributed by atoms with Gasteiger partial charge in [0.25, 0.3) is 5.56 Å². The summed E-state index contributed by atoms with van der Waals surface area (Å²) in [6, 6.07) is 7.75. The first-order chi connectivity index (χ1) is 11.0. The van der Waals surface area contributed by atoms with Gasteiger partial charge in [-0.3, -0.25) is 9.36 Å². The van der Waals surface area contributed by atoms with E-state index >= 15 is 0 Å². The smallest absolute Gasteiger partial charge is 0.348 e. The maximum Gasteiger partial charge on any atom is 0.348 e. The zero-order chi connectivity index (χ0) is 16.6. The molecule has 2 aromatic heterocycles. The SMILES string of the molecule is COC(=O)c1sc2ncn(Cc3ccc(Br)cc3)c(=O)c2c1C. The Hall–Kier alpha value is -1.99. The lowest BCUT2D eigenvalue weighted by Gasteiger charge is -2.06. The van der Waals surface area contributed by atoms with Crippen LogP contribution in [-0.4, -0.2) is 22.6 Å². The van der Waals surface area contributed by atoms with E-state index in [2.05, 4.69) is 20.9 Å². The average Bonchev–Trinajstić information content (AvgIpc) is 2.89. The molecule has 3 rings (SSSR count).